The summed E-state index contributed by atoms with van der Waals surface area (Å²) in [4.78, 5) is 20.6. The molecule has 0 saturated heterocycles. The molecular weight excluding hydrogens is 236 g/mol. The molecule has 2 saturated carbocycles. The predicted octanol–water partition coefficient (Wildman–Crippen LogP) is 0.397. The summed E-state index contributed by atoms with van der Waals surface area (Å²) in [6, 6.07) is 0.261. The van der Waals surface area contributed by atoms with Gasteiger partial charge >= 0.3 is 11.9 Å². The largest absolute Gasteiger partial charge is 0.481 e. The summed E-state index contributed by atoms with van der Waals surface area (Å²) in [5.74, 6) is -1.72. The predicted molar refractivity (Wildman–Crippen MR) is 65.9 cm³/mol. The van der Waals surface area contributed by atoms with Gasteiger partial charge in [0.05, 0.1) is 11.8 Å². The maximum atomic E-state index is 10.3. The van der Waals surface area contributed by atoms with Gasteiger partial charge in [-0.05, 0) is 38.5 Å². The molecule has 4 unspecified atom stereocenters. The normalized spacial score (nSPS) is 34.8. The van der Waals surface area contributed by atoms with Gasteiger partial charge in [0.2, 0.25) is 0 Å². The minimum Gasteiger partial charge on any atom is -0.481 e. The molecule has 6 N–H and O–H groups in total. The molecule has 2 aliphatic carbocycles. The van der Waals surface area contributed by atoms with Gasteiger partial charge in [-0.25, -0.2) is 0 Å². The zero-order valence-corrected chi connectivity index (χ0v) is 10.4. The molecule has 0 radical (unpaired) electrons. The van der Waals surface area contributed by atoms with E-state index in [0.29, 0.717) is 12.8 Å². The van der Waals surface area contributed by atoms with E-state index in [0.717, 1.165) is 25.7 Å². The fourth-order valence-electron chi connectivity index (χ4n) is 2.48. The summed E-state index contributed by atoms with van der Waals surface area (Å²) in [7, 11) is 0. The number of rotatable bonds is 2. The van der Waals surface area contributed by atoms with Gasteiger partial charge in [0.25, 0.3) is 0 Å². The Balaban J connectivity index is 0.000000180. The SMILES string of the molecule is NC1CCC(C(=O)O)C1.NC1CCC(C(=O)O)C1. The van der Waals surface area contributed by atoms with Crippen LogP contribution in [0.4, 0.5) is 0 Å². The van der Waals surface area contributed by atoms with Crippen molar-refractivity contribution >= 4 is 11.9 Å². The Labute approximate surface area is 106 Å². The van der Waals surface area contributed by atoms with Gasteiger partial charge in [0, 0.05) is 12.1 Å². The first kappa shape index (κ1) is 14.9. The Morgan fingerprint density at radius 1 is 0.778 bits per heavy atom. The zero-order chi connectivity index (χ0) is 13.7. The van der Waals surface area contributed by atoms with E-state index in [4.69, 9.17) is 21.7 Å². The summed E-state index contributed by atoms with van der Waals surface area (Å²) in [6.45, 7) is 0. The van der Waals surface area contributed by atoms with Gasteiger partial charge in [-0.1, -0.05) is 0 Å². The van der Waals surface area contributed by atoms with Crippen LogP contribution in [0.3, 0.4) is 0 Å². The maximum Gasteiger partial charge on any atom is 0.306 e. The molecule has 0 bridgehead atoms. The number of aliphatic carboxylic acids is 2. The molecule has 0 heterocycles. The number of carboxylic acids is 2. The van der Waals surface area contributed by atoms with Crippen molar-refractivity contribution < 1.29 is 19.8 Å². The smallest absolute Gasteiger partial charge is 0.306 e. The van der Waals surface area contributed by atoms with Crippen LogP contribution in [-0.2, 0) is 9.59 Å². The Hall–Kier alpha value is -1.14. The molecular formula is C12H22N2O4. The number of carbonyl (C=O) groups is 2. The zero-order valence-electron chi connectivity index (χ0n) is 10.4. The van der Waals surface area contributed by atoms with E-state index in [2.05, 4.69) is 0 Å². The van der Waals surface area contributed by atoms with Crippen molar-refractivity contribution in [1.82, 2.24) is 0 Å². The van der Waals surface area contributed by atoms with Crippen LogP contribution >= 0.6 is 0 Å². The second-order valence-corrected chi connectivity index (χ2v) is 5.22. The minimum absolute atomic E-state index is 0.131. The van der Waals surface area contributed by atoms with Gasteiger partial charge in [-0.3, -0.25) is 9.59 Å². The molecule has 0 aromatic heterocycles. The van der Waals surface area contributed by atoms with Crippen LogP contribution in [0.25, 0.3) is 0 Å². The van der Waals surface area contributed by atoms with Gasteiger partial charge < -0.3 is 21.7 Å². The highest BCUT2D eigenvalue weighted by atomic mass is 16.4. The highest BCUT2D eigenvalue weighted by molar-refractivity contribution is 5.70. The minimum atomic E-state index is -0.692. The summed E-state index contributed by atoms with van der Waals surface area (Å²) in [6.07, 6.45) is 4.59. The van der Waals surface area contributed by atoms with Crippen LogP contribution in [0.15, 0.2) is 0 Å². The quantitative estimate of drug-likeness (QED) is 0.567. The molecule has 18 heavy (non-hydrogen) atoms. The molecule has 2 fully saturated rings. The van der Waals surface area contributed by atoms with Crippen LogP contribution in [0.5, 0.6) is 0 Å². The lowest BCUT2D eigenvalue weighted by molar-refractivity contribution is -0.142. The lowest BCUT2D eigenvalue weighted by Gasteiger charge is -1.99. The van der Waals surface area contributed by atoms with Crippen molar-refractivity contribution in [3.63, 3.8) is 0 Å². The summed E-state index contributed by atoms with van der Waals surface area (Å²) in [5, 5.41) is 17.0. The average Bonchev–Trinajstić information content (AvgIpc) is 2.88. The third-order valence-corrected chi connectivity index (χ3v) is 3.64. The lowest BCUT2D eigenvalue weighted by Crippen LogP contribution is -2.17. The van der Waals surface area contributed by atoms with Crippen LogP contribution in [0.2, 0.25) is 0 Å². The molecule has 2 rings (SSSR count). The number of hydrogen-bond acceptors (Lipinski definition) is 4. The molecule has 0 aromatic rings. The highest BCUT2D eigenvalue weighted by Gasteiger charge is 2.27. The topological polar surface area (TPSA) is 127 Å². The van der Waals surface area contributed by atoms with E-state index < -0.39 is 11.9 Å². The number of carboxylic acid groups (broad SMARTS) is 2. The van der Waals surface area contributed by atoms with Gasteiger partial charge in [0.15, 0.2) is 0 Å². The first-order chi connectivity index (χ1) is 8.40. The molecule has 0 aliphatic heterocycles. The highest BCUT2D eigenvalue weighted by Crippen LogP contribution is 2.24. The average molecular weight is 258 g/mol. The molecule has 6 nitrogen and oxygen atoms in total. The van der Waals surface area contributed by atoms with E-state index >= 15 is 0 Å². The molecule has 0 aromatic carbocycles. The Morgan fingerprint density at radius 3 is 1.22 bits per heavy atom. The summed E-state index contributed by atoms with van der Waals surface area (Å²) in [5.41, 5.74) is 11.0. The second-order valence-electron chi connectivity index (χ2n) is 5.22. The van der Waals surface area contributed by atoms with Crippen molar-refractivity contribution in [3.8, 4) is 0 Å². The third kappa shape index (κ3) is 4.62. The third-order valence-electron chi connectivity index (χ3n) is 3.64. The van der Waals surface area contributed by atoms with Gasteiger partial charge in [-0.15, -0.1) is 0 Å². The number of nitrogens with two attached hydrogens (primary N) is 2. The summed E-state index contributed by atoms with van der Waals surface area (Å²) < 4.78 is 0. The van der Waals surface area contributed by atoms with E-state index in [1.807, 2.05) is 0 Å². The number of hydrogen-bond donors (Lipinski definition) is 4. The molecule has 2 aliphatic rings. The van der Waals surface area contributed by atoms with Crippen LogP contribution < -0.4 is 11.5 Å². The monoisotopic (exact) mass is 258 g/mol. The van der Waals surface area contributed by atoms with Crippen LogP contribution in [0.1, 0.15) is 38.5 Å². The van der Waals surface area contributed by atoms with E-state index in [1.165, 1.54) is 0 Å². The Kier molecular flexibility index (Phi) is 5.55. The van der Waals surface area contributed by atoms with E-state index in [9.17, 15) is 9.59 Å². The van der Waals surface area contributed by atoms with Crippen molar-refractivity contribution in [2.24, 2.45) is 23.3 Å². The maximum absolute atomic E-state index is 10.3. The van der Waals surface area contributed by atoms with Crippen molar-refractivity contribution in [2.75, 3.05) is 0 Å². The lowest BCUT2D eigenvalue weighted by atomic mass is 10.1. The molecule has 0 spiro atoms. The van der Waals surface area contributed by atoms with E-state index in [-0.39, 0.29) is 23.9 Å². The van der Waals surface area contributed by atoms with Crippen molar-refractivity contribution in [2.45, 2.75) is 50.6 Å². The Morgan fingerprint density at radius 2 is 1.11 bits per heavy atom. The Bertz CT molecular complexity index is 278. The fourth-order valence-corrected chi connectivity index (χ4v) is 2.48. The van der Waals surface area contributed by atoms with Crippen LogP contribution in [-0.4, -0.2) is 34.2 Å². The first-order valence-electron chi connectivity index (χ1n) is 6.37. The molecule has 4 atom stereocenters. The van der Waals surface area contributed by atoms with Gasteiger partial charge in [0.1, 0.15) is 0 Å². The fraction of sp³-hybridized carbons (Fsp3) is 0.833. The summed E-state index contributed by atoms with van der Waals surface area (Å²) >= 11 is 0. The second kappa shape index (κ2) is 6.70. The molecule has 0 amide bonds. The molecule has 104 valence electrons. The van der Waals surface area contributed by atoms with Crippen molar-refractivity contribution in [3.05, 3.63) is 0 Å². The van der Waals surface area contributed by atoms with Crippen LogP contribution in [0, 0.1) is 11.8 Å². The first-order valence-corrected chi connectivity index (χ1v) is 6.37. The van der Waals surface area contributed by atoms with Crippen molar-refractivity contribution in [1.29, 1.82) is 0 Å². The van der Waals surface area contributed by atoms with E-state index in [1.54, 1.807) is 0 Å². The molecule has 6 heteroatoms. The standard InChI is InChI=1S/2C6H11NO2/c2*7-5-2-1-4(3-5)6(8)9/h2*4-5H,1-3,7H2,(H,8,9). The van der Waals surface area contributed by atoms with Gasteiger partial charge in [-0.2, -0.15) is 0 Å².